The molecule has 0 aliphatic carbocycles. The van der Waals surface area contributed by atoms with Crippen molar-refractivity contribution in [3.05, 3.63) is 49.9 Å². The van der Waals surface area contributed by atoms with Crippen LogP contribution in [0, 0.1) is 0 Å². The molecule has 0 bridgehead atoms. The van der Waals surface area contributed by atoms with Gasteiger partial charge in [0.05, 0.1) is 4.34 Å². The number of carbonyl (C=O) groups is 1. The highest BCUT2D eigenvalue weighted by atomic mass is 35.5. The highest BCUT2D eigenvalue weighted by Crippen LogP contribution is 2.21. The second-order valence-corrected chi connectivity index (χ2v) is 6.42. The average molecular weight is 329 g/mol. The van der Waals surface area contributed by atoms with Crippen LogP contribution in [-0.4, -0.2) is 17.4 Å². The molecule has 2 rings (SSSR count). The molecule has 0 unspecified atom stereocenters. The number of aryl methyl sites for hydroxylation is 1. The van der Waals surface area contributed by atoms with Crippen LogP contribution in [0.2, 0.25) is 9.49 Å². The van der Waals surface area contributed by atoms with Crippen molar-refractivity contribution in [2.75, 3.05) is 6.54 Å². The fraction of sp³-hybridized carbons (Fsp3) is 0.286. The molecule has 0 saturated heterocycles. The molecule has 2 aromatic heterocycles. The number of hydrogen-bond acceptors (Lipinski definition) is 3. The molecule has 0 fully saturated rings. The topological polar surface area (TPSA) is 42.0 Å². The molecule has 2 heterocycles. The van der Waals surface area contributed by atoms with E-state index in [4.69, 9.17) is 23.2 Å². The van der Waals surface area contributed by atoms with Crippen LogP contribution in [-0.2, 0) is 12.8 Å². The van der Waals surface area contributed by atoms with Crippen LogP contribution in [0.4, 0.5) is 0 Å². The van der Waals surface area contributed by atoms with E-state index in [0.717, 1.165) is 27.7 Å². The molecule has 0 aliphatic rings. The maximum absolute atomic E-state index is 12.0. The van der Waals surface area contributed by atoms with E-state index in [1.807, 2.05) is 19.1 Å². The average Bonchev–Trinajstić information content (AvgIpc) is 2.83. The van der Waals surface area contributed by atoms with Gasteiger partial charge >= 0.3 is 0 Å². The molecular formula is C14H14Cl2N2OS. The van der Waals surface area contributed by atoms with Gasteiger partial charge in [0, 0.05) is 22.7 Å². The van der Waals surface area contributed by atoms with E-state index in [0.29, 0.717) is 17.3 Å². The summed E-state index contributed by atoms with van der Waals surface area (Å²) in [5, 5.41) is 3.22. The van der Waals surface area contributed by atoms with Gasteiger partial charge < -0.3 is 5.32 Å². The predicted octanol–water partition coefficient (Wildman–Crippen LogP) is 3.98. The Morgan fingerprint density at radius 1 is 1.35 bits per heavy atom. The Morgan fingerprint density at radius 3 is 2.80 bits per heavy atom. The summed E-state index contributed by atoms with van der Waals surface area (Å²) < 4.78 is 0.764. The van der Waals surface area contributed by atoms with E-state index < -0.39 is 0 Å². The van der Waals surface area contributed by atoms with Crippen LogP contribution in [0.5, 0.6) is 0 Å². The first-order chi connectivity index (χ1) is 9.58. The summed E-state index contributed by atoms with van der Waals surface area (Å²) in [5.41, 5.74) is 1.36. The fourth-order valence-corrected chi connectivity index (χ4v) is 3.06. The van der Waals surface area contributed by atoms with Crippen LogP contribution >= 0.6 is 34.5 Å². The first kappa shape index (κ1) is 15.3. The van der Waals surface area contributed by atoms with E-state index in [9.17, 15) is 4.79 Å². The molecule has 0 atom stereocenters. The van der Waals surface area contributed by atoms with Gasteiger partial charge in [-0.1, -0.05) is 30.1 Å². The van der Waals surface area contributed by atoms with Crippen molar-refractivity contribution < 1.29 is 4.79 Å². The van der Waals surface area contributed by atoms with Gasteiger partial charge in [0.2, 0.25) is 0 Å². The standard InChI is InChI=1S/C14H14Cl2N2OS/c1-2-10-7-9(8-12(15)18-10)14(19)17-6-5-11-3-4-13(16)20-11/h3-4,7-8H,2,5-6H2,1H3,(H,17,19). The van der Waals surface area contributed by atoms with Gasteiger partial charge in [-0.3, -0.25) is 4.79 Å². The quantitative estimate of drug-likeness (QED) is 0.843. The number of aromatic nitrogens is 1. The molecule has 106 valence electrons. The van der Waals surface area contributed by atoms with Crippen molar-refractivity contribution >= 4 is 40.4 Å². The molecular weight excluding hydrogens is 315 g/mol. The van der Waals surface area contributed by atoms with Crippen molar-refractivity contribution in [1.29, 1.82) is 0 Å². The van der Waals surface area contributed by atoms with E-state index >= 15 is 0 Å². The van der Waals surface area contributed by atoms with E-state index in [-0.39, 0.29) is 5.91 Å². The molecule has 0 spiro atoms. The van der Waals surface area contributed by atoms with Crippen LogP contribution in [0.15, 0.2) is 24.3 Å². The lowest BCUT2D eigenvalue weighted by atomic mass is 10.2. The Kier molecular flexibility index (Phi) is 5.40. The molecule has 0 radical (unpaired) electrons. The zero-order valence-corrected chi connectivity index (χ0v) is 13.3. The van der Waals surface area contributed by atoms with Crippen molar-refractivity contribution in [3.63, 3.8) is 0 Å². The zero-order valence-electron chi connectivity index (χ0n) is 11.0. The molecule has 20 heavy (non-hydrogen) atoms. The summed E-state index contributed by atoms with van der Waals surface area (Å²) in [6.45, 7) is 2.54. The second-order valence-electron chi connectivity index (χ2n) is 4.24. The van der Waals surface area contributed by atoms with Gasteiger partial charge in [-0.15, -0.1) is 11.3 Å². The summed E-state index contributed by atoms with van der Waals surface area (Å²) in [7, 11) is 0. The minimum Gasteiger partial charge on any atom is -0.352 e. The smallest absolute Gasteiger partial charge is 0.251 e. The number of rotatable bonds is 5. The first-order valence-corrected chi connectivity index (χ1v) is 7.84. The predicted molar refractivity (Wildman–Crippen MR) is 84.0 cm³/mol. The lowest BCUT2D eigenvalue weighted by molar-refractivity contribution is 0.0954. The Morgan fingerprint density at radius 2 is 2.15 bits per heavy atom. The maximum Gasteiger partial charge on any atom is 0.251 e. The molecule has 0 saturated carbocycles. The number of amides is 1. The van der Waals surface area contributed by atoms with Crippen LogP contribution in [0.1, 0.15) is 27.9 Å². The monoisotopic (exact) mass is 328 g/mol. The minimum atomic E-state index is -0.133. The summed E-state index contributed by atoms with van der Waals surface area (Å²) in [5.74, 6) is -0.133. The number of nitrogens with one attached hydrogen (secondary N) is 1. The van der Waals surface area contributed by atoms with Crippen molar-refractivity contribution in [2.45, 2.75) is 19.8 Å². The molecule has 3 nitrogen and oxygen atoms in total. The molecule has 0 aliphatic heterocycles. The van der Waals surface area contributed by atoms with Gasteiger partial charge in [0.15, 0.2) is 0 Å². The summed E-state index contributed by atoms with van der Waals surface area (Å²) in [6.07, 6.45) is 1.51. The molecule has 1 amide bonds. The first-order valence-electron chi connectivity index (χ1n) is 6.27. The molecule has 0 aromatic carbocycles. The number of hydrogen-bond donors (Lipinski definition) is 1. The third-order valence-corrected chi connectivity index (χ3v) is 4.24. The van der Waals surface area contributed by atoms with E-state index in [1.165, 1.54) is 11.3 Å². The van der Waals surface area contributed by atoms with Gasteiger partial charge in [-0.05, 0) is 37.1 Å². The summed E-state index contributed by atoms with van der Waals surface area (Å²) in [4.78, 5) is 17.3. The largest absolute Gasteiger partial charge is 0.352 e. The van der Waals surface area contributed by atoms with Crippen molar-refractivity contribution in [3.8, 4) is 0 Å². The molecule has 6 heteroatoms. The van der Waals surface area contributed by atoms with Gasteiger partial charge in [0.1, 0.15) is 5.15 Å². The van der Waals surface area contributed by atoms with Crippen LogP contribution in [0.25, 0.3) is 0 Å². The summed E-state index contributed by atoms with van der Waals surface area (Å²) in [6, 6.07) is 7.18. The van der Waals surface area contributed by atoms with Crippen LogP contribution < -0.4 is 5.32 Å². The van der Waals surface area contributed by atoms with Crippen molar-refractivity contribution in [1.82, 2.24) is 10.3 Å². The third kappa shape index (κ3) is 4.20. The third-order valence-electron chi connectivity index (χ3n) is 2.76. The Bertz CT molecular complexity index is 613. The Hall–Kier alpha value is -1.10. The normalized spacial score (nSPS) is 10.6. The Balaban J connectivity index is 1.93. The number of nitrogens with zero attached hydrogens (tertiary/aromatic N) is 1. The number of thiophene rings is 1. The fourth-order valence-electron chi connectivity index (χ4n) is 1.75. The lowest BCUT2D eigenvalue weighted by Crippen LogP contribution is -2.25. The van der Waals surface area contributed by atoms with E-state index in [1.54, 1.807) is 12.1 Å². The van der Waals surface area contributed by atoms with Gasteiger partial charge in [-0.25, -0.2) is 4.98 Å². The number of pyridine rings is 1. The van der Waals surface area contributed by atoms with Crippen LogP contribution in [0.3, 0.4) is 0 Å². The highest BCUT2D eigenvalue weighted by molar-refractivity contribution is 7.16. The number of halogens is 2. The minimum absolute atomic E-state index is 0.133. The maximum atomic E-state index is 12.0. The molecule has 1 N–H and O–H groups in total. The van der Waals surface area contributed by atoms with Gasteiger partial charge in [0.25, 0.3) is 5.91 Å². The van der Waals surface area contributed by atoms with E-state index in [2.05, 4.69) is 10.3 Å². The summed E-state index contributed by atoms with van der Waals surface area (Å²) >= 11 is 13.3. The van der Waals surface area contributed by atoms with Gasteiger partial charge in [-0.2, -0.15) is 0 Å². The Labute approximate surface area is 131 Å². The lowest BCUT2D eigenvalue weighted by Gasteiger charge is -2.06. The second kappa shape index (κ2) is 7.07. The van der Waals surface area contributed by atoms with Crippen molar-refractivity contribution in [2.24, 2.45) is 0 Å². The SMILES string of the molecule is CCc1cc(C(=O)NCCc2ccc(Cl)s2)cc(Cl)n1. The highest BCUT2D eigenvalue weighted by Gasteiger charge is 2.08. The zero-order chi connectivity index (χ0) is 14.5. The number of carbonyl (C=O) groups excluding carboxylic acids is 1. The molecule has 2 aromatic rings.